The van der Waals surface area contributed by atoms with Crippen LogP contribution in [0.3, 0.4) is 0 Å². The minimum atomic E-state index is -0.905. The van der Waals surface area contributed by atoms with Crippen molar-refractivity contribution in [3.8, 4) is 0 Å². The van der Waals surface area contributed by atoms with E-state index in [-0.39, 0.29) is 5.69 Å². The largest absolute Gasteiger partial charge is 0.335 e. The van der Waals surface area contributed by atoms with Gasteiger partial charge in [-0.2, -0.15) is 0 Å². The molecule has 0 aromatic heterocycles. The van der Waals surface area contributed by atoms with Gasteiger partial charge in [-0.1, -0.05) is 0 Å². The Balaban J connectivity index is 2.48. The van der Waals surface area contributed by atoms with Gasteiger partial charge in [0.1, 0.15) is 5.82 Å². The molecule has 13 heavy (non-hydrogen) atoms. The molecule has 1 aromatic rings. The van der Waals surface area contributed by atoms with Gasteiger partial charge in [0.25, 0.3) is 0 Å². The highest BCUT2D eigenvalue weighted by Gasteiger charge is 2.24. The van der Waals surface area contributed by atoms with Gasteiger partial charge in [-0.15, -0.1) is 0 Å². The molecule has 0 atom stereocenters. The van der Waals surface area contributed by atoms with Crippen LogP contribution in [-0.4, -0.2) is 11.8 Å². The Morgan fingerprint density at radius 2 is 2.08 bits per heavy atom. The summed E-state index contributed by atoms with van der Waals surface area (Å²) >= 11 is 0. The number of rotatable bonds is 0. The van der Waals surface area contributed by atoms with Gasteiger partial charge in [0.15, 0.2) is 0 Å². The molecule has 1 aliphatic heterocycles. The fourth-order valence-electron chi connectivity index (χ4n) is 1.04. The van der Waals surface area contributed by atoms with Crippen molar-refractivity contribution in [1.29, 1.82) is 0 Å². The molecule has 0 saturated heterocycles. The van der Waals surface area contributed by atoms with E-state index in [1.54, 1.807) is 0 Å². The summed E-state index contributed by atoms with van der Waals surface area (Å²) < 4.78 is 12.6. The summed E-state index contributed by atoms with van der Waals surface area (Å²) in [7, 11) is 0. The van der Waals surface area contributed by atoms with Gasteiger partial charge in [-0.05, 0) is 12.1 Å². The van der Waals surface area contributed by atoms with Crippen LogP contribution in [0.4, 0.5) is 15.8 Å². The fraction of sp³-hybridized carbons (Fsp3) is 0. The molecule has 0 spiro atoms. The number of carbonyl (C=O) groups is 2. The normalized spacial score (nSPS) is 14.5. The van der Waals surface area contributed by atoms with Gasteiger partial charge in [0, 0.05) is 6.07 Å². The van der Waals surface area contributed by atoms with E-state index in [9.17, 15) is 14.0 Å². The molecule has 0 saturated carbocycles. The first-order valence-corrected chi connectivity index (χ1v) is 3.53. The van der Waals surface area contributed by atoms with E-state index < -0.39 is 17.6 Å². The molecule has 4 nitrogen and oxygen atoms in total. The first-order chi connectivity index (χ1) is 6.16. The van der Waals surface area contributed by atoms with E-state index in [0.717, 1.165) is 6.07 Å². The third kappa shape index (κ3) is 1.24. The third-order valence-electron chi connectivity index (χ3n) is 1.62. The average Bonchev–Trinajstić information content (AvgIpc) is 2.08. The Morgan fingerprint density at radius 1 is 1.31 bits per heavy atom. The van der Waals surface area contributed by atoms with Gasteiger partial charge in [0.05, 0.1) is 11.4 Å². The van der Waals surface area contributed by atoms with E-state index in [2.05, 4.69) is 10.6 Å². The van der Waals surface area contributed by atoms with Crippen LogP contribution in [0, 0.1) is 5.82 Å². The van der Waals surface area contributed by atoms with E-state index in [0.29, 0.717) is 5.69 Å². The van der Waals surface area contributed by atoms with Crippen LogP contribution < -0.4 is 10.6 Å². The highest BCUT2D eigenvalue weighted by Crippen LogP contribution is 2.25. The molecule has 0 fully saturated rings. The number of fused-ring (bicyclic) bond motifs is 1. The van der Waals surface area contributed by atoms with Gasteiger partial charge in [0.2, 0.25) is 0 Å². The zero-order valence-electron chi connectivity index (χ0n) is 6.37. The maximum Gasteiger partial charge on any atom is 0.335 e. The van der Waals surface area contributed by atoms with Crippen LogP contribution in [0.2, 0.25) is 0 Å². The summed E-state index contributed by atoms with van der Waals surface area (Å²) in [5, 5.41) is 5.68. The lowest BCUT2D eigenvalue weighted by molar-refractivity contribution is -0.135. The number of benzene rings is 1. The smallest absolute Gasteiger partial charge is 0.316 e. The maximum absolute atomic E-state index is 12.6. The monoisotopic (exact) mass is 179 g/mol. The summed E-state index contributed by atoms with van der Waals surface area (Å²) in [6.07, 6.45) is 0. The van der Waals surface area contributed by atoms with Crippen LogP contribution in [0.5, 0.6) is 0 Å². The fourth-order valence-corrected chi connectivity index (χ4v) is 1.04. The summed E-state index contributed by atoms with van der Waals surface area (Å²) in [4.78, 5) is 21.6. The van der Waals surface area contributed by atoms with Crippen molar-refractivity contribution in [1.82, 2.24) is 5.32 Å². The topological polar surface area (TPSA) is 60.3 Å². The summed E-state index contributed by atoms with van der Waals surface area (Å²) in [5.41, 5.74) is 0.510. The number of amides is 2. The SMILES string of the molecule is O=C1[N]c2cc(F)ccc2NC1=O. The minimum Gasteiger partial charge on any atom is -0.316 e. The lowest BCUT2D eigenvalue weighted by atomic mass is 10.2. The van der Waals surface area contributed by atoms with Crippen LogP contribution in [0.15, 0.2) is 18.2 Å². The Bertz CT molecular complexity index is 403. The van der Waals surface area contributed by atoms with Crippen LogP contribution in [0.1, 0.15) is 0 Å². The molecule has 5 heteroatoms. The molecule has 1 aromatic carbocycles. The highest BCUT2D eigenvalue weighted by atomic mass is 19.1. The number of hydrogen-bond acceptors (Lipinski definition) is 2. The number of nitrogens with one attached hydrogen (secondary N) is 1. The summed E-state index contributed by atoms with van der Waals surface area (Å²) in [5.74, 6) is -2.19. The second-order valence-electron chi connectivity index (χ2n) is 2.53. The second kappa shape index (κ2) is 2.55. The van der Waals surface area contributed by atoms with Crippen LogP contribution >= 0.6 is 0 Å². The average molecular weight is 179 g/mol. The highest BCUT2D eigenvalue weighted by molar-refractivity contribution is 6.42. The Morgan fingerprint density at radius 3 is 2.85 bits per heavy atom. The third-order valence-corrected chi connectivity index (χ3v) is 1.62. The van der Waals surface area contributed by atoms with E-state index >= 15 is 0 Å². The molecule has 65 valence electrons. The van der Waals surface area contributed by atoms with E-state index in [4.69, 9.17) is 0 Å². The number of hydrogen-bond donors (Lipinski definition) is 1. The predicted molar refractivity (Wildman–Crippen MR) is 41.8 cm³/mol. The predicted octanol–water partition coefficient (Wildman–Crippen LogP) is 0.540. The van der Waals surface area contributed by atoms with E-state index in [1.807, 2.05) is 0 Å². The summed E-state index contributed by atoms with van der Waals surface area (Å²) in [6, 6.07) is 3.63. The lowest BCUT2D eigenvalue weighted by Gasteiger charge is -2.14. The van der Waals surface area contributed by atoms with Crippen molar-refractivity contribution in [3.63, 3.8) is 0 Å². The Kier molecular flexibility index (Phi) is 1.51. The van der Waals surface area contributed by atoms with Crippen LogP contribution in [0.25, 0.3) is 0 Å². The minimum absolute atomic E-state index is 0.157. The van der Waals surface area contributed by atoms with Crippen molar-refractivity contribution >= 4 is 23.2 Å². The number of anilines is 1. The first kappa shape index (κ1) is 7.72. The molecule has 0 bridgehead atoms. The number of halogens is 1. The molecule has 1 aliphatic rings. The molecule has 2 rings (SSSR count). The van der Waals surface area contributed by atoms with Crippen molar-refractivity contribution in [2.75, 3.05) is 5.32 Å². The molecule has 2 amide bonds. The first-order valence-electron chi connectivity index (χ1n) is 3.53. The molecule has 0 aliphatic carbocycles. The Hall–Kier alpha value is -1.91. The number of carbonyl (C=O) groups excluding carboxylic acids is 2. The van der Waals surface area contributed by atoms with Gasteiger partial charge < -0.3 is 5.32 Å². The molecule has 1 radical (unpaired) electrons. The van der Waals surface area contributed by atoms with Crippen molar-refractivity contribution in [2.24, 2.45) is 0 Å². The van der Waals surface area contributed by atoms with Crippen molar-refractivity contribution in [2.45, 2.75) is 0 Å². The molecule has 0 unspecified atom stereocenters. The maximum atomic E-state index is 12.6. The Labute approximate surface area is 72.7 Å². The quantitative estimate of drug-likeness (QED) is 0.591. The van der Waals surface area contributed by atoms with Crippen LogP contribution in [-0.2, 0) is 9.59 Å². The van der Waals surface area contributed by atoms with Crippen molar-refractivity contribution < 1.29 is 14.0 Å². The van der Waals surface area contributed by atoms with Gasteiger partial charge >= 0.3 is 11.8 Å². The standard InChI is InChI=1S/C8H4FN2O2/c9-4-1-2-5-6(3-4)11-8(13)7(12)10-5/h1-3H,(H,10,12). The van der Waals surface area contributed by atoms with Gasteiger partial charge in [-0.3, -0.25) is 9.59 Å². The van der Waals surface area contributed by atoms with Crippen molar-refractivity contribution in [3.05, 3.63) is 24.0 Å². The zero-order valence-corrected chi connectivity index (χ0v) is 6.37. The molecular formula is C8H4FN2O2. The lowest BCUT2D eigenvalue weighted by Crippen LogP contribution is -2.33. The molecular weight excluding hydrogens is 175 g/mol. The second-order valence-corrected chi connectivity index (χ2v) is 2.53. The van der Waals surface area contributed by atoms with E-state index in [1.165, 1.54) is 12.1 Å². The molecule has 1 heterocycles. The molecule has 1 N–H and O–H groups in total. The summed E-state index contributed by atoms with van der Waals surface area (Å²) in [6.45, 7) is 0. The van der Waals surface area contributed by atoms with Gasteiger partial charge in [-0.25, -0.2) is 9.71 Å². The zero-order chi connectivity index (χ0) is 9.42. The number of nitrogens with zero attached hydrogens (tertiary/aromatic N) is 1.